The van der Waals surface area contributed by atoms with E-state index in [2.05, 4.69) is 54.6 Å². The van der Waals surface area contributed by atoms with E-state index in [9.17, 15) is 0 Å². The van der Waals surface area contributed by atoms with E-state index >= 15 is 0 Å². The van der Waals surface area contributed by atoms with Crippen molar-refractivity contribution in [3.05, 3.63) is 47.8 Å². The third-order valence-corrected chi connectivity index (χ3v) is 3.62. The summed E-state index contributed by atoms with van der Waals surface area (Å²) >= 11 is 0. The molecule has 1 saturated carbocycles. The summed E-state index contributed by atoms with van der Waals surface area (Å²) in [6.45, 7) is 5.30. The van der Waals surface area contributed by atoms with Gasteiger partial charge >= 0.3 is 0 Å². The van der Waals surface area contributed by atoms with Gasteiger partial charge in [0.1, 0.15) is 0 Å². The van der Waals surface area contributed by atoms with Crippen LogP contribution in [-0.4, -0.2) is 15.8 Å². The standard InChI is InChI=1S/C16H21N3/c1-12(2)13-3-7-16(8-4-13)19-10-9-15(18-19)11-17-14-5-6-14/h3-4,7-10,12,14,17H,5-6,11H2,1-2H3. The molecule has 0 saturated heterocycles. The van der Waals surface area contributed by atoms with Crippen LogP contribution >= 0.6 is 0 Å². The number of hydrogen-bond acceptors (Lipinski definition) is 2. The van der Waals surface area contributed by atoms with E-state index in [1.165, 1.54) is 18.4 Å². The Balaban J connectivity index is 1.70. The Morgan fingerprint density at radius 3 is 2.58 bits per heavy atom. The molecule has 0 amide bonds. The minimum Gasteiger partial charge on any atom is -0.308 e. The van der Waals surface area contributed by atoms with Crippen LogP contribution < -0.4 is 5.32 Å². The van der Waals surface area contributed by atoms with Gasteiger partial charge in [0.25, 0.3) is 0 Å². The van der Waals surface area contributed by atoms with Crippen molar-refractivity contribution in [1.29, 1.82) is 0 Å². The van der Waals surface area contributed by atoms with Gasteiger partial charge in [-0.2, -0.15) is 5.10 Å². The normalized spacial score (nSPS) is 15.1. The first-order valence-electron chi connectivity index (χ1n) is 7.10. The quantitative estimate of drug-likeness (QED) is 0.889. The molecule has 100 valence electrons. The molecule has 0 unspecified atom stereocenters. The molecule has 0 aliphatic heterocycles. The molecule has 1 fully saturated rings. The fourth-order valence-corrected chi connectivity index (χ4v) is 2.15. The summed E-state index contributed by atoms with van der Waals surface area (Å²) in [6, 6.07) is 11.5. The van der Waals surface area contributed by atoms with Crippen LogP contribution in [-0.2, 0) is 6.54 Å². The molecule has 1 aromatic heterocycles. The zero-order valence-corrected chi connectivity index (χ0v) is 11.6. The van der Waals surface area contributed by atoms with Crippen molar-refractivity contribution in [2.24, 2.45) is 0 Å². The van der Waals surface area contributed by atoms with Crippen molar-refractivity contribution >= 4 is 0 Å². The van der Waals surface area contributed by atoms with E-state index in [0.717, 1.165) is 24.0 Å². The van der Waals surface area contributed by atoms with Gasteiger partial charge in [-0.05, 0) is 42.5 Å². The Labute approximate surface area is 114 Å². The molecule has 3 heteroatoms. The molecule has 2 aromatic rings. The van der Waals surface area contributed by atoms with Gasteiger partial charge in [0.15, 0.2) is 0 Å². The lowest BCUT2D eigenvalue weighted by atomic mass is 10.0. The smallest absolute Gasteiger partial charge is 0.0766 e. The number of nitrogens with zero attached hydrogens (tertiary/aromatic N) is 2. The Morgan fingerprint density at radius 1 is 1.21 bits per heavy atom. The van der Waals surface area contributed by atoms with E-state index < -0.39 is 0 Å². The Hall–Kier alpha value is -1.61. The predicted octanol–water partition coefficient (Wildman–Crippen LogP) is 3.25. The van der Waals surface area contributed by atoms with E-state index in [1.807, 2.05) is 10.9 Å². The second-order valence-corrected chi connectivity index (χ2v) is 5.65. The molecule has 1 N–H and O–H groups in total. The van der Waals surface area contributed by atoms with Gasteiger partial charge in [-0.15, -0.1) is 0 Å². The van der Waals surface area contributed by atoms with E-state index in [4.69, 9.17) is 0 Å². The van der Waals surface area contributed by atoms with Crippen LogP contribution in [0.25, 0.3) is 5.69 Å². The van der Waals surface area contributed by atoms with Gasteiger partial charge < -0.3 is 5.32 Å². The molecular formula is C16H21N3. The first kappa shape index (κ1) is 12.4. The molecule has 3 rings (SSSR count). The molecular weight excluding hydrogens is 234 g/mol. The average molecular weight is 255 g/mol. The van der Waals surface area contributed by atoms with Gasteiger partial charge in [0, 0.05) is 18.8 Å². The summed E-state index contributed by atoms with van der Waals surface area (Å²) in [5.41, 5.74) is 3.61. The summed E-state index contributed by atoms with van der Waals surface area (Å²) in [7, 11) is 0. The highest BCUT2D eigenvalue weighted by molar-refractivity contribution is 5.35. The van der Waals surface area contributed by atoms with Gasteiger partial charge in [0.2, 0.25) is 0 Å². The van der Waals surface area contributed by atoms with Crippen LogP contribution in [0.5, 0.6) is 0 Å². The predicted molar refractivity (Wildman–Crippen MR) is 77.5 cm³/mol. The Bertz CT molecular complexity index is 535. The van der Waals surface area contributed by atoms with Crippen LogP contribution in [0.4, 0.5) is 0 Å². The fourth-order valence-electron chi connectivity index (χ4n) is 2.15. The zero-order valence-electron chi connectivity index (χ0n) is 11.6. The third kappa shape index (κ3) is 3.04. The lowest BCUT2D eigenvalue weighted by Gasteiger charge is -2.07. The fraction of sp³-hybridized carbons (Fsp3) is 0.438. The van der Waals surface area contributed by atoms with E-state index in [1.54, 1.807) is 0 Å². The van der Waals surface area contributed by atoms with Gasteiger partial charge in [-0.3, -0.25) is 0 Å². The van der Waals surface area contributed by atoms with Crippen LogP contribution in [0.15, 0.2) is 36.5 Å². The maximum absolute atomic E-state index is 4.61. The zero-order chi connectivity index (χ0) is 13.2. The van der Waals surface area contributed by atoms with Crippen molar-refractivity contribution in [3.8, 4) is 5.69 Å². The molecule has 1 aliphatic carbocycles. The molecule has 1 aromatic carbocycles. The molecule has 19 heavy (non-hydrogen) atoms. The minimum absolute atomic E-state index is 0.574. The molecule has 1 heterocycles. The minimum atomic E-state index is 0.574. The molecule has 0 spiro atoms. The summed E-state index contributed by atoms with van der Waals surface area (Å²) in [4.78, 5) is 0. The van der Waals surface area contributed by atoms with Crippen LogP contribution in [0.3, 0.4) is 0 Å². The highest BCUT2D eigenvalue weighted by Crippen LogP contribution is 2.19. The van der Waals surface area contributed by atoms with Crippen LogP contribution in [0.2, 0.25) is 0 Å². The van der Waals surface area contributed by atoms with Gasteiger partial charge in [-0.25, -0.2) is 4.68 Å². The Morgan fingerprint density at radius 2 is 1.95 bits per heavy atom. The van der Waals surface area contributed by atoms with Crippen molar-refractivity contribution < 1.29 is 0 Å². The van der Waals surface area contributed by atoms with Crippen molar-refractivity contribution in [3.63, 3.8) is 0 Å². The summed E-state index contributed by atoms with van der Waals surface area (Å²) in [5.74, 6) is 0.574. The highest BCUT2D eigenvalue weighted by atomic mass is 15.3. The number of rotatable bonds is 5. The molecule has 3 nitrogen and oxygen atoms in total. The van der Waals surface area contributed by atoms with Crippen molar-refractivity contribution in [2.45, 2.75) is 45.2 Å². The van der Waals surface area contributed by atoms with Crippen LogP contribution in [0.1, 0.15) is 43.9 Å². The maximum Gasteiger partial charge on any atom is 0.0766 e. The van der Waals surface area contributed by atoms with Crippen molar-refractivity contribution in [1.82, 2.24) is 15.1 Å². The number of aromatic nitrogens is 2. The molecule has 0 atom stereocenters. The molecule has 0 bridgehead atoms. The lowest BCUT2D eigenvalue weighted by Crippen LogP contribution is -2.15. The second-order valence-electron chi connectivity index (χ2n) is 5.65. The van der Waals surface area contributed by atoms with Gasteiger partial charge in [-0.1, -0.05) is 26.0 Å². The Kier molecular flexibility index (Phi) is 3.38. The summed E-state index contributed by atoms with van der Waals surface area (Å²) < 4.78 is 1.95. The highest BCUT2D eigenvalue weighted by Gasteiger charge is 2.20. The lowest BCUT2D eigenvalue weighted by molar-refractivity contribution is 0.665. The molecule has 1 aliphatic rings. The number of benzene rings is 1. The number of nitrogens with one attached hydrogen (secondary N) is 1. The SMILES string of the molecule is CC(C)c1ccc(-n2ccc(CNC3CC3)n2)cc1. The second kappa shape index (κ2) is 5.17. The van der Waals surface area contributed by atoms with E-state index in [-0.39, 0.29) is 0 Å². The van der Waals surface area contributed by atoms with Crippen LogP contribution in [0, 0.1) is 0 Å². The maximum atomic E-state index is 4.61. The topological polar surface area (TPSA) is 29.9 Å². The third-order valence-electron chi connectivity index (χ3n) is 3.62. The van der Waals surface area contributed by atoms with Gasteiger partial charge in [0.05, 0.1) is 11.4 Å². The first-order valence-corrected chi connectivity index (χ1v) is 7.10. The van der Waals surface area contributed by atoms with E-state index in [0.29, 0.717) is 5.92 Å². The first-order chi connectivity index (χ1) is 9.22. The summed E-state index contributed by atoms with van der Waals surface area (Å²) in [6.07, 6.45) is 4.67. The summed E-state index contributed by atoms with van der Waals surface area (Å²) in [5, 5.41) is 8.09. The average Bonchev–Trinajstić information content (AvgIpc) is 3.13. The van der Waals surface area contributed by atoms with Crippen molar-refractivity contribution in [2.75, 3.05) is 0 Å². The molecule has 0 radical (unpaired) electrons. The monoisotopic (exact) mass is 255 g/mol. The number of hydrogen-bond donors (Lipinski definition) is 1. The largest absolute Gasteiger partial charge is 0.308 e.